The molecular formula is C47H33N. The third-order valence-electron chi connectivity index (χ3n) is 9.65. The van der Waals surface area contributed by atoms with Gasteiger partial charge < -0.3 is 5.32 Å². The summed E-state index contributed by atoms with van der Waals surface area (Å²) in [5.41, 5.74) is 7.19. The number of hydrogen-bond donors (Lipinski definition) is 1. The van der Waals surface area contributed by atoms with Crippen LogP contribution in [0.4, 0.5) is 5.69 Å². The van der Waals surface area contributed by atoms with Gasteiger partial charge in [0.2, 0.25) is 0 Å². The van der Waals surface area contributed by atoms with E-state index in [-0.39, 0.29) is 0 Å². The van der Waals surface area contributed by atoms with E-state index in [1.807, 2.05) is 0 Å². The van der Waals surface area contributed by atoms with Crippen molar-refractivity contribution in [3.63, 3.8) is 0 Å². The molecule has 1 heteroatoms. The SMILES string of the molecule is C(/Cc1ccc2c(ccc3ccccc32)c1)=C(/Nc1ccccc1)c1c2ccccc2c(-c2ccccc2)c2ccc3ccccc3c12. The van der Waals surface area contributed by atoms with Crippen LogP contribution in [0.15, 0.2) is 182 Å². The van der Waals surface area contributed by atoms with Gasteiger partial charge in [-0.25, -0.2) is 0 Å². The molecule has 1 nitrogen and oxygen atoms in total. The summed E-state index contributed by atoms with van der Waals surface area (Å²) >= 11 is 0. The van der Waals surface area contributed by atoms with Gasteiger partial charge in [0.25, 0.3) is 0 Å². The molecule has 0 bridgehead atoms. The average molecular weight is 612 g/mol. The van der Waals surface area contributed by atoms with Crippen molar-refractivity contribution in [3.05, 3.63) is 193 Å². The standard InChI is InChI=1S/C47H33N/c1-3-15-35(16-4-1)45-41-21-11-12-22-42(41)47(46-40-20-10-8-14-34(40)27-29-43(45)46)44(48-37-17-5-2-6-18-37)30-24-32-23-28-39-36(31-32)26-25-33-13-7-9-19-38(33)39/h1-23,25-31,48H,24H2/b44-30-. The summed E-state index contributed by atoms with van der Waals surface area (Å²) in [6.45, 7) is 0. The Hall–Kier alpha value is -6.18. The first-order valence-corrected chi connectivity index (χ1v) is 16.7. The number of fused-ring (bicyclic) bond motifs is 7. The largest absolute Gasteiger partial charge is 0.355 e. The molecule has 0 aliphatic carbocycles. The Kier molecular flexibility index (Phi) is 6.95. The summed E-state index contributed by atoms with van der Waals surface area (Å²) in [5, 5.41) is 16.5. The molecule has 9 aromatic carbocycles. The monoisotopic (exact) mass is 611 g/mol. The number of para-hydroxylation sites is 1. The third kappa shape index (κ3) is 4.89. The highest BCUT2D eigenvalue weighted by molar-refractivity contribution is 6.25. The fraction of sp³-hybridized carbons (Fsp3) is 0.0213. The molecule has 0 aromatic heterocycles. The second-order valence-electron chi connectivity index (χ2n) is 12.5. The van der Waals surface area contributed by atoms with E-state index in [0.29, 0.717) is 0 Å². The molecule has 0 spiro atoms. The van der Waals surface area contributed by atoms with Crippen molar-refractivity contribution >= 4 is 65.2 Å². The van der Waals surface area contributed by atoms with Gasteiger partial charge in [-0.15, -0.1) is 0 Å². The number of rotatable bonds is 6. The summed E-state index contributed by atoms with van der Waals surface area (Å²) in [6.07, 6.45) is 3.18. The zero-order valence-corrected chi connectivity index (χ0v) is 26.5. The van der Waals surface area contributed by atoms with E-state index in [9.17, 15) is 0 Å². The van der Waals surface area contributed by atoms with E-state index in [4.69, 9.17) is 0 Å². The minimum absolute atomic E-state index is 0.791. The van der Waals surface area contributed by atoms with Gasteiger partial charge in [-0.1, -0.05) is 170 Å². The van der Waals surface area contributed by atoms with Crippen LogP contribution < -0.4 is 5.32 Å². The van der Waals surface area contributed by atoms with Crippen LogP contribution in [0.1, 0.15) is 11.1 Å². The van der Waals surface area contributed by atoms with Crippen LogP contribution in [-0.2, 0) is 6.42 Å². The number of benzene rings is 9. The van der Waals surface area contributed by atoms with E-state index < -0.39 is 0 Å². The van der Waals surface area contributed by atoms with Gasteiger partial charge in [0.15, 0.2) is 0 Å². The summed E-state index contributed by atoms with van der Waals surface area (Å²) in [7, 11) is 0. The molecule has 0 amide bonds. The van der Waals surface area contributed by atoms with Crippen LogP contribution in [0.25, 0.3) is 70.7 Å². The van der Waals surface area contributed by atoms with Crippen molar-refractivity contribution in [2.24, 2.45) is 0 Å². The van der Waals surface area contributed by atoms with Crippen molar-refractivity contribution in [1.82, 2.24) is 0 Å². The molecule has 1 N–H and O–H groups in total. The lowest BCUT2D eigenvalue weighted by molar-refractivity contribution is 1.28. The van der Waals surface area contributed by atoms with E-state index in [1.165, 1.54) is 76.1 Å². The minimum Gasteiger partial charge on any atom is -0.355 e. The summed E-state index contributed by atoms with van der Waals surface area (Å²) in [6, 6.07) is 63.8. The van der Waals surface area contributed by atoms with Crippen molar-refractivity contribution in [1.29, 1.82) is 0 Å². The summed E-state index contributed by atoms with van der Waals surface area (Å²) < 4.78 is 0. The molecule has 0 atom stereocenters. The van der Waals surface area contributed by atoms with Crippen LogP contribution in [0, 0.1) is 0 Å². The zero-order valence-electron chi connectivity index (χ0n) is 26.5. The maximum atomic E-state index is 3.90. The molecule has 48 heavy (non-hydrogen) atoms. The van der Waals surface area contributed by atoms with Gasteiger partial charge in [0, 0.05) is 22.3 Å². The second-order valence-corrected chi connectivity index (χ2v) is 12.5. The molecule has 0 unspecified atom stereocenters. The second kappa shape index (κ2) is 11.9. The summed E-state index contributed by atoms with van der Waals surface area (Å²) in [5.74, 6) is 0. The molecule has 226 valence electrons. The predicted molar refractivity (Wildman–Crippen MR) is 208 cm³/mol. The lowest BCUT2D eigenvalue weighted by Gasteiger charge is -2.22. The minimum atomic E-state index is 0.791. The quantitative estimate of drug-likeness (QED) is 0.146. The highest BCUT2D eigenvalue weighted by Gasteiger charge is 2.20. The first-order valence-electron chi connectivity index (χ1n) is 16.7. The van der Waals surface area contributed by atoms with Crippen molar-refractivity contribution < 1.29 is 0 Å². The third-order valence-corrected chi connectivity index (χ3v) is 9.65. The molecule has 0 heterocycles. The number of nitrogens with one attached hydrogen (secondary N) is 1. The molecular weight excluding hydrogens is 579 g/mol. The predicted octanol–water partition coefficient (Wildman–Crippen LogP) is 12.8. The van der Waals surface area contributed by atoms with Gasteiger partial charge in [-0.3, -0.25) is 0 Å². The Labute approximate surface area is 280 Å². The maximum Gasteiger partial charge on any atom is 0.0433 e. The molecule has 0 fully saturated rings. The number of anilines is 1. The molecule has 9 rings (SSSR count). The average Bonchev–Trinajstić information content (AvgIpc) is 3.16. The van der Waals surface area contributed by atoms with Gasteiger partial charge >= 0.3 is 0 Å². The van der Waals surface area contributed by atoms with E-state index in [2.05, 4.69) is 187 Å². The van der Waals surface area contributed by atoms with Crippen LogP contribution in [0.2, 0.25) is 0 Å². The molecule has 0 saturated carbocycles. The Morgan fingerprint density at radius 1 is 0.438 bits per heavy atom. The Morgan fingerprint density at radius 3 is 1.79 bits per heavy atom. The molecule has 9 aromatic rings. The van der Waals surface area contributed by atoms with Gasteiger partial charge in [0.1, 0.15) is 0 Å². The topological polar surface area (TPSA) is 12.0 Å². The lowest BCUT2D eigenvalue weighted by Crippen LogP contribution is -2.03. The van der Waals surface area contributed by atoms with Crippen LogP contribution in [-0.4, -0.2) is 0 Å². The number of hydrogen-bond acceptors (Lipinski definition) is 1. The van der Waals surface area contributed by atoms with Gasteiger partial charge in [-0.2, -0.15) is 0 Å². The van der Waals surface area contributed by atoms with Crippen LogP contribution >= 0.6 is 0 Å². The Balaban J connectivity index is 1.31. The van der Waals surface area contributed by atoms with Crippen molar-refractivity contribution in [2.75, 3.05) is 5.32 Å². The zero-order chi connectivity index (χ0) is 31.9. The van der Waals surface area contributed by atoms with Crippen molar-refractivity contribution in [3.8, 4) is 11.1 Å². The van der Waals surface area contributed by atoms with Gasteiger partial charge in [0.05, 0.1) is 0 Å². The highest BCUT2D eigenvalue weighted by atomic mass is 14.9. The smallest absolute Gasteiger partial charge is 0.0433 e. The Bertz CT molecular complexity index is 2650. The molecule has 0 aliphatic rings. The Morgan fingerprint density at radius 2 is 1.00 bits per heavy atom. The highest BCUT2D eigenvalue weighted by Crippen LogP contribution is 2.44. The van der Waals surface area contributed by atoms with E-state index in [0.717, 1.165) is 17.8 Å². The van der Waals surface area contributed by atoms with Crippen molar-refractivity contribution in [2.45, 2.75) is 6.42 Å². The molecule has 0 aliphatic heterocycles. The fourth-order valence-electron chi connectivity index (χ4n) is 7.45. The molecule has 0 radical (unpaired) electrons. The van der Waals surface area contributed by atoms with E-state index in [1.54, 1.807) is 0 Å². The normalized spacial score (nSPS) is 12.0. The number of allylic oxidation sites excluding steroid dienone is 1. The first kappa shape index (κ1) is 28.1. The maximum absolute atomic E-state index is 3.90. The first-order chi connectivity index (χ1) is 23.8. The van der Waals surface area contributed by atoms with Gasteiger partial charge in [-0.05, 0) is 83.7 Å². The summed E-state index contributed by atoms with van der Waals surface area (Å²) in [4.78, 5) is 0. The fourth-order valence-corrected chi connectivity index (χ4v) is 7.45. The van der Waals surface area contributed by atoms with E-state index >= 15 is 0 Å². The molecule has 0 saturated heterocycles. The lowest BCUT2D eigenvalue weighted by atomic mass is 9.85. The van der Waals surface area contributed by atoms with Crippen LogP contribution in [0.5, 0.6) is 0 Å². The van der Waals surface area contributed by atoms with Crippen LogP contribution in [0.3, 0.4) is 0 Å².